The Morgan fingerprint density at radius 3 is 2.40 bits per heavy atom. The molecule has 2 aliphatic rings. The molecular formula is C24H27NO4S. The third-order valence-corrected chi connectivity index (χ3v) is 7.36. The lowest BCUT2D eigenvalue weighted by atomic mass is 9.84. The molecule has 158 valence electrons. The molecule has 2 aromatic rings. The summed E-state index contributed by atoms with van der Waals surface area (Å²) in [6.07, 6.45) is 3.09. The van der Waals surface area contributed by atoms with Crippen LogP contribution in [-0.4, -0.2) is 27.1 Å². The minimum absolute atomic E-state index is 0.206. The number of carbonyl (C=O) groups excluding carboxylic acids is 2. The maximum Gasteiger partial charge on any atom is 0.286 e. The van der Waals surface area contributed by atoms with Gasteiger partial charge in [0.15, 0.2) is 0 Å². The van der Waals surface area contributed by atoms with Gasteiger partial charge < -0.3 is 9.84 Å². The topological polar surface area (TPSA) is 75.6 Å². The highest BCUT2D eigenvalue weighted by Gasteiger charge is 2.35. The van der Waals surface area contributed by atoms with Gasteiger partial charge in [0.1, 0.15) is 17.1 Å². The second kappa shape index (κ2) is 7.65. The number of imide groups is 1. The Kier molecular flexibility index (Phi) is 5.30. The Bertz CT molecular complexity index is 1030. The molecule has 0 spiro atoms. The maximum absolute atomic E-state index is 11.8. The number of nitrogens with one attached hydrogen (secondary N) is 1. The van der Waals surface area contributed by atoms with Crippen molar-refractivity contribution in [1.29, 1.82) is 0 Å². The van der Waals surface area contributed by atoms with E-state index in [2.05, 4.69) is 24.4 Å². The van der Waals surface area contributed by atoms with Crippen molar-refractivity contribution in [2.24, 2.45) is 0 Å². The van der Waals surface area contributed by atoms with Crippen LogP contribution in [0.1, 0.15) is 46.7 Å². The van der Waals surface area contributed by atoms with Gasteiger partial charge in [0.05, 0.1) is 5.25 Å². The molecule has 0 aromatic heterocycles. The third-order valence-electron chi connectivity index (χ3n) is 6.38. The Morgan fingerprint density at radius 1 is 1.10 bits per heavy atom. The van der Waals surface area contributed by atoms with Crippen molar-refractivity contribution < 1.29 is 19.4 Å². The normalized spacial score (nSPS) is 23.1. The summed E-state index contributed by atoms with van der Waals surface area (Å²) in [5.41, 5.74) is 5.83. The standard InChI is InChI=1S/C24H27NO4S/c1-13-14(2)21-18(15(3)20(13)26)9-10-24(4,29-21)12-17-7-5-16(6-8-17)11-19-22(27)25-23(28)30-19/h5-8,19,26H,9-12H2,1-4H3,(H,25,27,28)/t19-,24+/m1/s1. The molecule has 2 N–H and O–H groups in total. The van der Waals surface area contributed by atoms with Crippen LogP contribution in [0.2, 0.25) is 0 Å². The van der Waals surface area contributed by atoms with Crippen molar-refractivity contribution in [2.45, 2.75) is 64.2 Å². The Balaban J connectivity index is 1.48. The summed E-state index contributed by atoms with van der Waals surface area (Å²) in [4.78, 5) is 23.1. The van der Waals surface area contributed by atoms with E-state index in [-0.39, 0.29) is 22.0 Å². The predicted octanol–water partition coefficient (Wildman–Crippen LogP) is 4.54. The predicted molar refractivity (Wildman–Crippen MR) is 118 cm³/mol. The SMILES string of the molecule is Cc1c(C)c2c(c(C)c1O)CC[C@@](C)(Cc1ccc(C[C@H]3SC(=O)NC3=O)cc1)O2. The lowest BCUT2D eigenvalue weighted by Crippen LogP contribution is -2.39. The first kappa shape index (κ1) is 20.8. The lowest BCUT2D eigenvalue weighted by Gasteiger charge is -2.38. The van der Waals surface area contributed by atoms with E-state index >= 15 is 0 Å². The van der Waals surface area contributed by atoms with Gasteiger partial charge in [-0.3, -0.25) is 14.9 Å². The van der Waals surface area contributed by atoms with Crippen LogP contribution in [0.25, 0.3) is 0 Å². The van der Waals surface area contributed by atoms with Crippen LogP contribution >= 0.6 is 11.8 Å². The Labute approximate surface area is 181 Å². The monoisotopic (exact) mass is 425 g/mol. The highest BCUT2D eigenvalue weighted by Crippen LogP contribution is 2.44. The van der Waals surface area contributed by atoms with E-state index < -0.39 is 0 Å². The number of phenols is 1. The number of benzene rings is 2. The molecule has 2 aromatic carbocycles. The Morgan fingerprint density at radius 2 is 1.77 bits per heavy atom. The highest BCUT2D eigenvalue weighted by atomic mass is 32.2. The molecule has 4 rings (SSSR count). The number of ether oxygens (including phenoxy) is 1. The summed E-state index contributed by atoms with van der Waals surface area (Å²) in [7, 11) is 0. The van der Waals surface area contributed by atoms with Crippen LogP contribution in [0.3, 0.4) is 0 Å². The minimum Gasteiger partial charge on any atom is -0.507 e. The first-order chi connectivity index (χ1) is 14.2. The van der Waals surface area contributed by atoms with Gasteiger partial charge in [-0.15, -0.1) is 0 Å². The van der Waals surface area contributed by atoms with Gasteiger partial charge in [-0.1, -0.05) is 36.0 Å². The number of rotatable bonds is 4. The van der Waals surface area contributed by atoms with Crippen molar-refractivity contribution in [1.82, 2.24) is 5.32 Å². The van der Waals surface area contributed by atoms with Crippen molar-refractivity contribution >= 4 is 22.9 Å². The van der Waals surface area contributed by atoms with Crippen LogP contribution in [-0.2, 0) is 24.1 Å². The van der Waals surface area contributed by atoms with Crippen molar-refractivity contribution in [3.8, 4) is 11.5 Å². The van der Waals surface area contributed by atoms with E-state index in [1.807, 2.05) is 32.9 Å². The van der Waals surface area contributed by atoms with E-state index in [9.17, 15) is 14.7 Å². The van der Waals surface area contributed by atoms with Gasteiger partial charge in [0, 0.05) is 12.0 Å². The second-order valence-corrected chi connectivity index (χ2v) is 9.84. The number of hydrogen-bond donors (Lipinski definition) is 2. The van der Waals surface area contributed by atoms with Gasteiger partial charge in [-0.05, 0) is 74.8 Å². The zero-order valence-electron chi connectivity index (χ0n) is 17.8. The van der Waals surface area contributed by atoms with Crippen LogP contribution in [0.4, 0.5) is 4.79 Å². The fourth-order valence-corrected chi connectivity index (χ4v) is 5.25. The maximum atomic E-state index is 11.8. The van der Waals surface area contributed by atoms with Crippen molar-refractivity contribution in [2.75, 3.05) is 0 Å². The molecule has 30 heavy (non-hydrogen) atoms. The smallest absolute Gasteiger partial charge is 0.286 e. The van der Waals surface area contributed by atoms with Gasteiger partial charge >= 0.3 is 0 Å². The van der Waals surface area contributed by atoms with E-state index in [4.69, 9.17) is 4.74 Å². The summed E-state index contributed by atoms with van der Waals surface area (Å²) in [6.45, 7) is 8.05. The molecule has 0 unspecified atom stereocenters. The summed E-state index contributed by atoms with van der Waals surface area (Å²) in [5, 5.41) is 12.1. The van der Waals surface area contributed by atoms with E-state index in [0.29, 0.717) is 12.2 Å². The molecule has 1 saturated heterocycles. The van der Waals surface area contributed by atoms with Crippen LogP contribution in [0.5, 0.6) is 11.5 Å². The van der Waals surface area contributed by atoms with Crippen molar-refractivity contribution in [3.05, 3.63) is 57.6 Å². The van der Waals surface area contributed by atoms with Crippen molar-refractivity contribution in [3.63, 3.8) is 0 Å². The van der Waals surface area contributed by atoms with Crippen LogP contribution in [0, 0.1) is 20.8 Å². The van der Waals surface area contributed by atoms with E-state index in [1.165, 1.54) is 5.56 Å². The molecule has 2 atom stereocenters. The highest BCUT2D eigenvalue weighted by molar-refractivity contribution is 8.15. The average Bonchev–Trinajstić information content (AvgIpc) is 3.02. The molecule has 0 bridgehead atoms. The molecule has 0 saturated carbocycles. The number of amides is 2. The first-order valence-corrected chi connectivity index (χ1v) is 11.1. The quantitative estimate of drug-likeness (QED) is 0.752. The fraction of sp³-hybridized carbons (Fsp3) is 0.417. The average molecular weight is 426 g/mol. The zero-order valence-corrected chi connectivity index (χ0v) is 18.6. The van der Waals surface area contributed by atoms with E-state index in [0.717, 1.165) is 64.6 Å². The molecule has 0 aliphatic carbocycles. The first-order valence-electron chi connectivity index (χ1n) is 10.3. The third kappa shape index (κ3) is 3.81. The summed E-state index contributed by atoms with van der Waals surface area (Å²) in [6, 6.07) is 8.23. The van der Waals surface area contributed by atoms with Gasteiger partial charge in [-0.2, -0.15) is 0 Å². The molecular weight excluding hydrogens is 398 g/mol. The molecule has 2 heterocycles. The number of fused-ring (bicyclic) bond motifs is 1. The molecule has 0 radical (unpaired) electrons. The van der Waals surface area contributed by atoms with Gasteiger partial charge in [0.2, 0.25) is 5.91 Å². The minimum atomic E-state index is -0.343. The van der Waals surface area contributed by atoms with Gasteiger partial charge in [-0.25, -0.2) is 0 Å². The fourth-order valence-electron chi connectivity index (χ4n) is 4.39. The zero-order chi connectivity index (χ0) is 21.6. The lowest BCUT2D eigenvalue weighted by molar-refractivity contribution is -0.118. The number of phenolic OH excluding ortho intramolecular Hbond substituents is 1. The molecule has 2 amide bonds. The number of thioether (sulfide) groups is 1. The van der Waals surface area contributed by atoms with E-state index in [1.54, 1.807) is 0 Å². The Hall–Kier alpha value is -2.47. The second-order valence-electron chi connectivity index (χ2n) is 8.66. The molecule has 1 fully saturated rings. The summed E-state index contributed by atoms with van der Waals surface area (Å²) < 4.78 is 6.53. The number of hydrogen-bond acceptors (Lipinski definition) is 5. The molecule has 6 heteroatoms. The summed E-state index contributed by atoms with van der Waals surface area (Å²) in [5.74, 6) is 1.09. The van der Waals surface area contributed by atoms with Gasteiger partial charge in [0.25, 0.3) is 5.24 Å². The molecule has 2 aliphatic heterocycles. The van der Waals surface area contributed by atoms with Crippen LogP contribution in [0.15, 0.2) is 24.3 Å². The largest absolute Gasteiger partial charge is 0.507 e. The molecule has 5 nitrogen and oxygen atoms in total. The number of aromatic hydroxyl groups is 1. The van der Waals surface area contributed by atoms with Crippen LogP contribution < -0.4 is 10.1 Å². The summed E-state index contributed by atoms with van der Waals surface area (Å²) >= 11 is 1.06. The number of carbonyl (C=O) groups is 2.